The average molecular weight is 335 g/mol. The van der Waals surface area contributed by atoms with Gasteiger partial charge >= 0.3 is 0 Å². The number of nitrogens with zero attached hydrogens (tertiary/aromatic N) is 2. The number of rotatable bonds is 3. The van der Waals surface area contributed by atoms with Gasteiger partial charge in [-0.15, -0.1) is 11.7 Å². The Hall–Kier alpha value is -0.490. The third kappa shape index (κ3) is 2.57. The van der Waals surface area contributed by atoms with Crippen molar-refractivity contribution in [2.75, 3.05) is 0 Å². The number of halogens is 2. The molecule has 0 N–H and O–H groups in total. The van der Waals surface area contributed by atoms with Gasteiger partial charge in [-0.3, -0.25) is 9.48 Å². The predicted molar refractivity (Wildman–Crippen MR) is 85.3 cm³/mol. The van der Waals surface area contributed by atoms with Gasteiger partial charge < -0.3 is 0 Å². The van der Waals surface area contributed by atoms with Crippen LogP contribution in [0.4, 0.5) is 0 Å². The highest BCUT2D eigenvalue weighted by molar-refractivity contribution is 8.68. The van der Waals surface area contributed by atoms with Gasteiger partial charge in [0.15, 0.2) is 0 Å². The van der Waals surface area contributed by atoms with Gasteiger partial charge in [0.25, 0.3) is 5.56 Å². The van der Waals surface area contributed by atoms with Crippen LogP contribution in [0.25, 0.3) is 5.69 Å². The Bertz CT molecular complexity index is 679. The second-order valence-corrected chi connectivity index (χ2v) is 5.89. The molecule has 7 heteroatoms. The SMILES string of the molecule is CCn1c(C)c(SS)c(=O)n1-c1ccc(Cl)c(Cl)c1. The summed E-state index contributed by atoms with van der Waals surface area (Å²) in [7, 11) is 1.16. The van der Waals surface area contributed by atoms with Crippen LogP contribution in [0.1, 0.15) is 12.6 Å². The van der Waals surface area contributed by atoms with Crippen molar-refractivity contribution in [1.82, 2.24) is 9.36 Å². The number of aromatic nitrogens is 2. The molecular formula is C12H12Cl2N2OS2. The minimum atomic E-state index is -0.0993. The normalized spacial score (nSPS) is 11.0. The first kappa shape index (κ1) is 14.9. The molecule has 0 atom stereocenters. The zero-order valence-corrected chi connectivity index (χ0v) is 13.6. The molecule has 3 nitrogen and oxygen atoms in total. The van der Waals surface area contributed by atoms with Crippen LogP contribution < -0.4 is 5.56 Å². The summed E-state index contributed by atoms with van der Waals surface area (Å²) < 4.78 is 3.48. The zero-order chi connectivity index (χ0) is 14.2. The first-order valence-corrected chi connectivity index (χ1v) is 8.23. The fraction of sp³-hybridized carbons (Fsp3) is 0.250. The summed E-state index contributed by atoms with van der Waals surface area (Å²) in [5.74, 6) is 0. The summed E-state index contributed by atoms with van der Waals surface area (Å²) >= 11 is 16.1. The standard InChI is InChI=1S/C12H12Cl2N2OS2/c1-3-15-7(2)11(19-18)12(17)16(15)8-4-5-9(13)10(14)6-8/h4-6,18H,3H2,1-2H3. The molecule has 0 fully saturated rings. The van der Waals surface area contributed by atoms with Crippen LogP contribution in [0.15, 0.2) is 27.9 Å². The monoisotopic (exact) mass is 334 g/mol. The summed E-state index contributed by atoms with van der Waals surface area (Å²) in [6.45, 7) is 4.56. The third-order valence-corrected chi connectivity index (χ3v) is 4.82. The molecule has 0 spiro atoms. The van der Waals surface area contributed by atoms with Gasteiger partial charge in [-0.25, -0.2) is 4.68 Å². The van der Waals surface area contributed by atoms with E-state index in [1.165, 1.54) is 0 Å². The maximum absolute atomic E-state index is 12.4. The first-order valence-electron chi connectivity index (χ1n) is 5.60. The van der Waals surface area contributed by atoms with Gasteiger partial charge in [-0.2, -0.15) is 0 Å². The molecule has 0 aliphatic carbocycles. The minimum absolute atomic E-state index is 0.0993. The molecule has 1 heterocycles. The van der Waals surface area contributed by atoms with Crippen molar-refractivity contribution in [2.45, 2.75) is 25.3 Å². The fourth-order valence-electron chi connectivity index (χ4n) is 1.98. The highest BCUT2D eigenvalue weighted by atomic mass is 35.5. The van der Waals surface area contributed by atoms with E-state index >= 15 is 0 Å². The Balaban J connectivity index is 2.74. The molecule has 19 heavy (non-hydrogen) atoms. The minimum Gasteiger partial charge on any atom is -0.281 e. The Morgan fingerprint density at radius 1 is 1.32 bits per heavy atom. The quantitative estimate of drug-likeness (QED) is 0.672. The van der Waals surface area contributed by atoms with Crippen molar-refractivity contribution >= 4 is 45.7 Å². The molecule has 2 aromatic rings. The molecule has 0 bridgehead atoms. The van der Waals surface area contributed by atoms with E-state index in [2.05, 4.69) is 11.7 Å². The van der Waals surface area contributed by atoms with Crippen molar-refractivity contribution in [3.05, 3.63) is 44.3 Å². The smallest absolute Gasteiger partial charge is 0.281 e. The molecule has 0 unspecified atom stereocenters. The zero-order valence-electron chi connectivity index (χ0n) is 10.4. The van der Waals surface area contributed by atoms with Crippen molar-refractivity contribution in [3.8, 4) is 5.69 Å². The Kier molecular flexibility index (Phi) is 4.61. The lowest BCUT2D eigenvalue weighted by Crippen LogP contribution is -2.21. The van der Waals surface area contributed by atoms with Gasteiger partial charge in [0, 0.05) is 6.54 Å². The van der Waals surface area contributed by atoms with E-state index in [0.29, 0.717) is 27.2 Å². The third-order valence-electron chi connectivity index (χ3n) is 2.88. The van der Waals surface area contributed by atoms with Crippen LogP contribution in [0.2, 0.25) is 10.0 Å². The van der Waals surface area contributed by atoms with Crippen molar-refractivity contribution in [3.63, 3.8) is 0 Å². The molecule has 0 amide bonds. The highest BCUT2D eigenvalue weighted by Gasteiger charge is 2.17. The molecule has 1 aromatic heterocycles. The summed E-state index contributed by atoms with van der Waals surface area (Å²) in [5.41, 5.74) is 1.48. The molecule has 0 saturated carbocycles. The first-order chi connectivity index (χ1) is 9.01. The average Bonchev–Trinajstić information content (AvgIpc) is 2.63. The van der Waals surface area contributed by atoms with Crippen LogP contribution >= 0.6 is 45.7 Å². The van der Waals surface area contributed by atoms with E-state index in [0.717, 1.165) is 16.5 Å². The fourth-order valence-corrected chi connectivity index (χ4v) is 3.31. The summed E-state index contributed by atoms with van der Waals surface area (Å²) in [5, 5.41) is 0.890. The summed E-state index contributed by atoms with van der Waals surface area (Å²) in [6, 6.07) is 5.14. The lowest BCUT2D eigenvalue weighted by Gasteiger charge is -2.11. The van der Waals surface area contributed by atoms with E-state index in [1.807, 2.05) is 18.5 Å². The largest absolute Gasteiger partial charge is 0.286 e. The van der Waals surface area contributed by atoms with Crippen molar-refractivity contribution in [2.24, 2.45) is 0 Å². The maximum atomic E-state index is 12.4. The van der Waals surface area contributed by atoms with Crippen LogP contribution in [0.3, 0.4) is 0 Å². The van der Waals surface area contributed by atoms with Gasteiger partial charge in [0.2, 0.25) is 0 Å². The van der Waals surface area contributed by atoms with E-state index in [4.69, 9.17) is 23.2 Å². The second-order valence-electron chi connectivity index (χ2n) is 3.94. The van der Waals surface area contributed by atoms with Crippen LogP contribution in [-0.2, 0) is 6.54 Å². The highest BCUT2D eigenvalue weighted by Crippen LogP contribution is 2.27. The molecule has 0 aliphatic heterocycles. The lowest BCUT2D eigenvalue weighted by atomic mass is 10.3. The van der Waals surface area contributed by atoms with Gasteiger partial charge in [-0.05, 0) is 32.0 Å². The summed E-state index contributed by atoms with van der Waals surface area (Å²) in [4.78, 5) is 13.0. The maximum Gasteiger partial charge on any atom is 0.286 e. The van der Waals surface area contributed by atoms with E-state index < -0.39 is 0 Å². The van der Waals surface area contributed by atoms with Crippen LogP contribution in [0, 0.1) is 6.92 Å². The predicted octanol–water partition coefficient (Wildman–Crippen LogP) is 4.21. The molecule has 2 rings (SSSR count). The number of thiol groups is 1. The van der Waals surface area contributed by atoms with E-state index in [1.54, 1.807) is 22.9 Å². The lowest BCUT2D eigenvalue weighted by molar-refractivity contribution is 0.559. The summed E-state index contributed by atoms with van der Waals surface area (Å²) in [6.07, 6.45) is 0. The molecule has 102 valence electrons. The molecule has 0 radical (unpaired) electrons. The Morgan fingerprint density at radius 3 is 2.53 bits per heavy atom. The second kappa shape index (κ2) is 5.87. The van der Waals surface area contributed by atoms with Crippen LogP contribution in [-0.4, -0.2) is 9.36 Å². The molecular weight excluding hydrogens is 323 g/mol. The van der Waals surface area contributed by atoms with E-state index in [9.17, 15) is 4.79 Å². The topological polar surface area (TPSA) is 26.9 Å². The molecule has 0 aliphatic rings. The number of hydrogen-bond donors (Lipinski definition) is 1. The number of hydrogen-bond acceptors (Lipinski definition) is 3. The van der Waals surface area contributed by atoms with E-state index in [-0.39, 0.29) is 5.56 Å². The Labute approximate surface area is 130 Å². The van der Waals surface area contributed by atoms with Crippen molar-refractivity contribution in [1.29, 1.82) is 0 Å². The van der Waals surface area contributed by atoms with Gasteiger partial charge in [0.1, 0.15) is 4.90 Å². The number of benzene rings is 1. The van der Waals surface area contributed by atoms with Crippen molar-refractivity contribution < 1.29 is 0 Å². The van der Waals surface area contributed by atoms with Gasteiger partial charge in [-0.1, -0.05) is 34.0 Å². The van der Waals surface area contributed by atoms with Crippen LogP contribution in [0.5, 0.6) is 0 Å². The van der Waals surface area contributed by atoms with Gasteiger partial charge in [0.05, 0.1) is 21.4 Å². The molecule has 1 aromatic carbocycles. The Morgan fingerprint density at radius 2 is 2.00 bits per heavy atom. The molecule has 0 saturated heterocycles.